The number of carboxylic acids is 1. The van der Waals surface area contributed by atoms with Crippen molar-refractivity contribution in [2.24, 2.45) is 7.05 Å². The van der Waals surface area contributed by atoms with Gasteiger partial charge in [-0.1, -0.05) is 11.8 Å². The molecule has 0 amide bonds. The van der Waals surface area contributed by atoms with Gasteiger partial charge in [0.25, 0.3) is 0 Å². The van der Waals surface area contributed by atoms with Gasteiger partial charge in [-0.3, -0.25) is 4.79 Å². The minimum absolute atomic E-state index is 0.587. The third kappa shape index (κ3) is 3.71. The van der Waals surface area contributed by atoms with Crippen LogP contribution in [0.4, 0.5) is 0 Å². The molecule has 0 bridgehead atoms. The highest BCUT2D eigenvalue weighted by Gasteiger charge is 2.30. The third-order valence-electron chi connectivity index (χ3n) is 2.75. The molecule has 17 heavy (non-hydrogen) atoms. The molecule has 96 valence electrons. The van der Waals surface area contributed by atoms with Crippen LogP contribution in [0.5, 0.6) is 0 Å². The van der Waals surface area contributed by atoms with Crippen LogP contribution in [-0.2, 0) is 11.8 Å². The van der Waals surface area contributed by atoms with E-state index in [1.54, 1.807) is 32.1 Å². The minimum atomic E-state index is -0.847. The van der Waals surface area contributed by atoms with E-state index in [0.717, 1.165) is 17.3 Å². The fourth-order valence-electron chi connectivity index (χ4n) is 1.33. The van der Waals surface area contributed by atoms with E-state index in [0.29, 0.717) is 6.42 Å². The number of thioether (sulfide) groups is 1. The van der Waals surface area contributed by atoms with Crippen LogP contribution in [0.25, 0.3) is 0 Å². The van der Waals surface area contributed by atoms with E-state index in [2.05, 4.69) is 15.5 Å². The second-order valence-corrected chi connectivity index (χ2v) is 5.13. The number of aryl methyl sites for hydroxylation is 1. The summed E-state index contributed by atoms with van der Waals surface area (Å²) < 4.78 is 1.85. The monoisotopic (exact) mass is 258 g/mol. The maximum Gasteiger partial charge on any atom is 0.323 e. The number of hydrogen-bond acceptors (Lipinski definition) is 5. The number of aliphatic carboxylic acids is 1. The van der Waals surface area contributed by atoms with Crippen molar-refractivity contribution in [2.75, 3.05) is 12.8 Å². The zero-order chi connectivity index (χ0) is 12.9. The van der Waals surface area contributed by atoms with Crippen molar-refractivity contribution in [2.45, 2.75) is 30.5 Å². The average Bonchev–Trinajstić information content (AvgIpc) is 2.70. The Labute approximate surface area is 105 Å². The quantitative estimate of drug-likeness (QED) is 0.555. The highest BCUT2D eigenvalue weighted by Crippen LogP contribution is 2.19. The fraction of sp³-hybridized carbons (Fsp3) is 0.700. The van der Waals surface area contributed by atoms with Gasteiger partial charge in [0.1, 0.15) is 11.9 Å². The Morgan fingerprint density at radius 1 is 1.71 bits per heavy atom. The fourth-order valence-corrected chi connectivity index (χ4v) is 2.16. The van der Waals surface area contributed by atoms with Crippen LogP contribution >= 0.6 is 11.8 Å². The first-order valence-corrected chi connectivity index (χ1v) is 6.37. The van der Waals surface area contributed by atoms with Crippen LogP contribution in [0.2, 0.25) is 0 Å². The molecule has 1 aromatic rings. The van der Waals surface area contributed by atoms with Crippen LogP contribution < -0.4 is 5.32 Å². The van der Waals surface area contributed by atoms with Gasteiger partial charge in [0.15, 0.2) is 5.16 Å². The lowest BCUT2D eigenvalue weighted by molar-refractivity contribution is -0.144. The lowest BCUT2D eigenvalue weighted by Crippen LogP contribution is -2.47. The summed E-state index contributed by atoms with van der Waals surface area (Å²) in [5, 5.41) is 20.5. The topological polar surface area (TPSA) is 80.0 Å². The molecule has 0 spiro atoms. The first-order chi connectivity index (χ1) is 7.99. The maximum absolute atomic E-state index is 11.0. The molecule has 0 saturated carbocycles. The van der Waals surface area contributed by atoms with E-state index in [-0.39, 0.29) is 0 Å². The molecule has 1 unspecified atom stereocenters. The van der Waals surface area contributed by atoms with Crippen molar-refractivity contribution in [3.63, 3.8) is 0 Å². The molecular formula is C10H18N4O2S. The number of aromatic nitrogens is 3. The van der Waals surface area contributed by atoms with E-state index < -0.39 is 11.5 Å². The Bertz CT molecular complexity index is 382. The predicted molar refractivity (Wildman–Crippen MR) is 66.1 cm³/mol. The Kier molecular flexibility index (Phi) is 4.95. The van der Waals surface area contributed by atoms with Crippen LogP contribution in [0.3, 0.4) is 0 Å². The first-order valence-electron chi connectivity index (χ1n) is 5.38. The molecule has 7 heteroatoms. The van der Waals surface area contributed by atoms with E-state index >= 15 is 0 Å². The molecule has 2 N–H and O–H groups in total. The smallest absolute Gasteiger partial charge is 0.323 e. The van der Waals surface area contributed by atoms with Crippen LogP contribution in [-0.4, -0.2) is 44.2 Å². The SMILES string of the molecule is CNC(C)(CCCSc1nncn1C)C(=O)O. The molecule has 0 aliphatic rings. The number of nitrogens with zero attached hydrogens (tertiary/aromatic N) is 3. The molecule has 0 saturated heterocycles. The van der Waals surface area contributed by atoms with Gasteiger partial charge in [-0.05, 0) is 26.8 Å². The highest BCUT2D eigenvalue weighted by atomic mass is 32.2. The van der Waals surface area contributed by atoms with E-state index in [4.69, 9.17) is 5.11 Å². The number of carbonyl (C=O) groups is 1. The summed E-state index contributed by atoms with van der Waals surface area (Å²) >= 11 is 1.59. The molecule has 1 atom stereocenters. The molecule has 1 rings (SSSR count). The second-order valence-electron chi connectivity index (χ2n) is 4.06. The minimum Gasteiger partial charge on any atom is -0.480 e. The maximum atomic E-state index is 11.0. The molecule has 1 heterocycles. The first kappa shape index (κ1) is 14.0. The number of nitrogens with one attached hydrogen (secondary N) is 1. The second kappa shape index (κ2) is 6.02. The summed E-state index contributed by atoms with van der Waals surface area (Å²) in [6.45, 7) is 1.70. The van der Waals surface area contributed by atoms with Crippen molar-refractivity contribution in [3.05, 3.63) is 6.33 Å². The van der Waals surface area contributed by atoms with Crippen molar-refractivity contribution in [1.29, 1.82) is 0 Å². The molecule has 1 aromatic heterocycles. The average molecular weight is 258 g/mol. The lowest BCUT2D eigenvalue weighted by Gasteiger charge is -2.23. The third-order valence-corrected chi connectivity index (χ3v) is 3.87. The molecule has 0 aromatic carbocycles. The van der Waals surface area contributed by atoms with Crippen LogP contribution in [0.15, 0.2) is 11.5 Å². The van der Waals surface area contributed by atoms with Gasteiger partial charge in [0.2, 0.25) is 0 Å². The molecule has 0 aliphatic heterocycles. The Hall–Kier alpha value is -1.08. The van der Waals surface area contributed by atoms with Crippen molar-refractivity contribution < 1.29 is 9.90 Å². The standard InChI is InChI=1S/C10H18N4O2S/c1-10(11-2,8(15)16)5-4-6-17-9-13-12-7-14(9)3/h7,11H,4-6H2,1-3H3,(H,15,16). The summed E-state index contributed by atoms with van der Waals surface area (Å²) in [7, 11) is 3.56. The number of carboxylic acid groups (broad SMARTS) is 1. The molecule has 6 nitrogen and oxygen atoms in total. The Morgan fingerprint density at radius 3 is 2.88 bits per heavy atom. The Balaban J connectivity index is 2.33. The predicted octanol–water partition coefficient (Wildman–Crippen LogP) is 0.750. The van der Waals surface area contributed by atoms with Gasteiger partial charge in [-0.2, -0.15) is 0 Å². The van der Waals surface area contributed by atoms with Gasteiger partial charge in [0, 0.05) is 12.8 Å². The largest absolute Gasteiger partial charge is 0.480 e. The van der Waals surface area contributed by atoms with Gasteiger partial charge in [-0.25, -0.2) is 0 Å². The van der Waals surface area contributed by atoms with E-state index in [1.165, 1.54) is 0 Å². The summed E-state index contributed by atoms with van der Waals surface area (Å²) in [5.41, 5.74) is -0.847. The van der Waals surface area contributed by atoms with Crippen LogP contribution in [0, 0.1) is 0 Å². The van der Waals surface area contributed by atoms with Gasteiger partial charge < -0.3 is 15.0 Å². The zero-order valence-corrected chi connectivity index (χ0v) is 11.1. The van der Waals surface area contributed by atoms with Crippen molar-refractivity contribution in [1.82, 2.24) is 20.1 Å². The summed E-state index contributed by atoms with van der Waals surface area (Å²) in [4.78, 5) is 11.0. The molecule has 0 aliphatic carbocycles. The van der Waals surface area contributed by atoms with Crippen molar-refractivity contribution >= 4 is 17.7 Å². The summed E-state index contributed by atoms with van der Waals surface area (Å²) in [6.07, 6.45) is 3.04. The molecule has 0 fully saturated rings. The summed E-state index contributed by atoms with van der Waals surface area (Å²) in [5.74, 6) is 0.0144. The zero-order valence-electron chi connectivity index (χ0n) is 10.3. The number of hydrogen-bond donors (Lipinski definition) is 2. The van der Waals surface area contributed by atoms with Crippen LogP contribution in [0.1, 0.15) is 19.8 Å². The highest BCUT2D eigenvalue weighted by molar-refractivity contribution is 7.99. The van der Waals surface area contributed by atoms with Gasteiger partial charge >= 0.3 is 5.97 Å². The molecule has 0 radical (unpaired) electrons. The number of likely N-dealkylation sites (N-methyl/N-ethyl adjacent to an activating group) is 1. The number of rotatable bonds is 7. The van der Waals surface area contributed by atoms with Gasteiger partial charge in [0.05, 0.1) is 0 Å². The summed E-state index contributed by atoms with van der Waals surface area (Å²) in [6, 6.07) is 0. The molecular weight excluding hydrogens is 240 g/mol. The van der Waals surface area contributed by atoms with E-state index in [1.807, 2.05) is 11.6 Å². The van der Waals surface area contributed by atoms with Gasteiger partial charge in [-0.15, -0.1) is 10.2 Å². The Morgan fingerprint density at radius 2 is 2.41 bits per heavy atom. The van der Waals surface area contributed by atoms with E-state index in [9.17, 15) is 4.79 Å². The normalized spacial score (nSPS) is 14.5. The van der Waals surface area contributed by atoms with Crippen molar-refractivity contribution in [3.8, 4) is 0 Å². The lowest BCUT2D eigenvalue weighted by atomic mass is 9.97.